The third-order valence-corrected chi connectivity index (χ3v) is 8.42. The highest BCUT2D eigenvalue weighted by molar-refractivity contribution is 7.99. The smallest absolute Gasteiger partial charge is 0.244 e. The number of hydrogen-bond acceptors (Lipinski definition) is 9. The summed E-state index contributed by atoms with van der Waals surface area (Å²) < 4.78 is 39.1. The van der Waals surface area contributed by atoms with Crippen LogP contribution in [0.3, 0.4) is 0 Å². The molecule has 1 amide bonds. The minimum absolute atomic E-state index is 0.0308. The molecule has 0 unspecified atom stereocenters. The van der Waals surface area contributed by atoms with Gasteiger partial charge in [-0.2, -0.15) is 0 Å². The number of benzene rings is 1. The van der Waals surface area contributed by atoms with Gasteiger partial charge in [0, 0.05) is 49.3 Å². The number of carbonyl (C=O) groups excluding carboxylic acids is 1. The third-order valence-electron chi connectivity index (χ3n) is 7.14. The van der Waals surface area contributed by atoms with Crippen molar-refractivity contribution in [3.63, 3.8) is 0 Å². The lowest BCUT2D eigenvalue weighted by Gasteiger charge is -2.27. The van der Waals surface area contributed by atoms with Crippen molar-refractivity contribution in [3.05, 3.63) is 60.3 Å². The summed E-state index contributed by atoms with van der Waals surface area (Å²) >= 11 is 1.66. The van der Waals surface area contributed by atoms with Crippen LogP contribution in [0.5, 0.6) is 5.75 Å². The van der Waals surface area contributed by atoms with Gasteiger partial charge >= 0.3 is 0 Å². The summed E-state index contributed by atoms with van der Waals surface area (Å²) in [6.07, 6.45) is 9.43. The highest BCUT2D eigenvalue weighted by atomic mass is 32.2. The largest absolute Gasteiger partial charge is 0.482 e. The summed E-state index contributed by atoms with van der Waals surface area (Å²) in [7, 11) is 0. The number of thioether (sulfide) groups is 1. The molecule has 41 heavy (non-hydrogen) atoms. The molecule has 0 spiro atoms. The first-order valence-electron chi connectivity index (χ1n) is 13.6. The highest BCUT2D eigenvalue weighted by Crippen LogP contribution is 2.35. The second-order valence-electron chi connectivity index (χ2n) is 9.95. The summed E-state index contributed by atoms with van der Waals surface area (Å²) in [5.74, 6) is -1.42. The number of nitrogens with one attached hydrogen (secondary N) is 1. The second kappa shape index (κ2) is 12.3. The first-order valence-corrected chi connectivity index (χ1v) is 14.5. The number of pyridine rings is 1. The highest BCUT2D eigenvalue weighted by Gasteiger charge is 2.23. The van der Waals surface area contributed by atoms with Crippen molar-refractivity contribution < 1.29 is 18.3 Å². The maximum Gasteiger partial charge on any atom is 0.244 e. The van der Waals surface area contributed by atoms with Gasteiger partial charge in [-0.1, -0.05) is 29.8 Å². The van der Waals surface area contributed by atoms with E-state index in [0.717, 1.165) is 43.8 Å². The lowest BCUT2D eigenvalue weighted by atomic mass is 10.1. The number of ether oxygens (including phenoxy) is 1. The van der Waals surface area contributed by atoms with Crippen molar-refractivity contribution in [2.45, 2.75) is 49.2 Å². The molecule has 1 aliphatic carbocycles. The van der Waals surface area contributed by atoms with Gasteiger partial charge in [0.1, 0.15) is 24.7 Å². The summed E-state index contributed by atoms with van der Waals surface area (Å²) in [5.41, 5.74) is 0.799. The monoisotopic (exact) mass is 581 g/mol. The van der Waals surface area contributed by atoms with Gasteiger partial charge in [0.25, 0.3) is 0 Å². The van der Waals surface area contributed by atoms with E-state index in [1.165, 1.54) is 23.7 Å². The molecule has 4 aromatic rings. The molecule has 2 aliphatic rings. The van der Waals surface area contributed by atoms with Gasteiger partial charge < -0.3 is 15.0 Å². The SMILES string of the molecule is O=C(Cn1cc(-c2cc(F)c(OCc3nnc(SC4CCCC4)n3-c3cccnc3)cc2F)nn1)N1CCNCC1. The van der Waals surface area contributed by atoms with E-state index in [0.29, 0.717) is 29.3 Å². The van der Waals surface area contributed by atoms with E-state index in [4.69, 9.17) is 4.74 Å². The molecule has 3 aromatic heterocycles. The lowest BCUT2D eigenvalue weighted by Crippen LogP contribution is -2.47. The van der Waals surface area contributed by atoms with Crippen LogP contribution in [0.1, 0.15) is 31.5 Å². The van der Waals surface area contributed by atoms with Crippen LogP contribution in [-0.2, 0) is 17.9 Å². The average Bonchev–Trinajstić information content (AvgIpc) is 3.77. The Bertz CT molecular complexity index is 1500. The molecule has 0 atom stereocenters. The number of amides is 1. The van der Waals surface area contributed by atoms with E-state index >= 15 is 8.78 Å². The molecule has 1 aromatic carbocycles. The van der Waals surface area contributed by atoms with Crippen LogP contribution < -0.4 is 10.1 Å². The van der Waals surface area contributed by atoms with E-state index in [1.54, 1.807) is 29.1 Å². The second-order valence-corrected chi connectivity index (χ2v) is 11.2. The normalized spacial score (nSPS) is 15.9. The molecule has 11 nitrogen and oxygen atoms in total. The number of hydrogen-bond donors (Lipinski definition) is 1. The molecular weight excluding hydrogens is 552 g/mol. The Morgan fingerprint density at radius 1 is 1.10 bits per heavy atom. The minimum atomic E-state index is -0.763. The van der Waals surface area contributed by atoms with Gasteiger partial charge in [0.2, 0.25) is 5.91 Å². The van der Waals surface area contributed by atoms with E-state index in [-0.39, 0.29) is 36.1 Å². The molecule has 1 aliphatic heterocycles. The fourth-order valence-electron chi connectivity index (χ4n) is 5.00. The number of carbonyl (C=O) groups is 1. The van der Waals surface area contributed by atoms with E-state index in [1.807, 2.05) is 16.7 Å². The molecule has 0 radical (unpaired) electrons. The van der Waals surface area contributed by atoms with Crippen LogP contribution in [0.15, 0.2) is 48.0 Å². The topological polar surface area (TPSA) is 116 Å². The molecule has 0 bridgehead atoms. The zero-order chi connectivity index (χ0) is 28.2. The molecule has 1 N–H and O–H groups in total. The number of nitrogens with zero attached hydrogens (tertiary/aromatic N) is 8. The Morgan fingerprint density at radius 2 is 1.93 bits per heavy atom. The van der Waals surface area contributed by atoms with Crippen LogP contribution in [0, 0.1) is 11.6 Å². The Hall–Kier alpha value is -3.91. The molecule has 1 saturated carbocycles. The maximum absolute atomic E-state index is 15.1. The third kappa shape index (κ3) is 6.22. The average molecular weight is 582 g/mol. The zero-order valence-corrected chi connectivity index (χ0v) is 23.1. The fourth-order valence-corrected chi connectivity index (χ4v) is 6.27. The van der Waals surface area contributed by atoms with Crippen LogP contribution in [0.25, 0.3) is 16.9 Å². The summed E-state index contributed by atoms with van der Waals surface area (Å²) in [6.45, 7) is 2.53. The Kier molecular flexibility index (Phi) is 8.19. The molecule has 14 heteroatoms. The van der Waals surface area contributed by atoms with Gasteiger partial charge in [0.15, 0.2) is 22.5 Å². The van der Waals surface area contributed by atoms with E-state index in [2.05, 4.69) is 30.8 Å². The van der Waals surface area contributed by atoms with Crippen molar-refractivity contribution in [1.82, 2.24) is 45.0 Å². The predicted octanol–water partition coefficient (Wildman–Crippen LogP) is 3.24. The Labute approximate surface area is 239 Å². The number of aromatic nitrogens is 7. The van der Waals surface area contributed by atoms with Gasteiger partial charge in [0.05, 0.1) is 18.1 Å². The van der Waals surface area contributed by atoms with Crippen LogP contribution in [0.2, 0.25) is 0 Å². The van der Waals surface area contributed by atoms with Crippen molar-refractivity contribution in [1.29, 1.82) is 0 Å². The van der Waals surface area contributed by atoms with E-state index in [9.17, 15) is 4.79 Å². The summed E-state index contributed by atoms with van der Waals surface area (Å²) in [4.78, 5) is 18.5. The van der Waals surface area contributed by atoms with Gasteiger partial charge in [-0.25, -0.2) is 13.5 Å². The maximum atomic E-state index is 15.1. The summed E-state index contributed by atoms with van der Waals surface area (Å²) in [6, 6.07) is 5.70. The van der Waals surface area contributed by atoms with Crippen molar-refractivity contribution in [3.8, 4) is 22.7 Å². The standard InChI is InChI=1S/C27H29F2N9O2S/c28-21-13-24(22(29)12-20(21)23-15-37(35-32-23)16-26(39)36-10-8-30-9-11-36)40-17-25-33-34-27(41-19-5-1-2-6-19)38(25)18-4-3-7-31-14-18/h3-4,7,12-15,19,30H,1-2,5-6,8-11,16-17H2. The molecule has 1 saturated heterocycles. The van der Waals surface area contributed by atoms with Crippen LogP contribution >= 0.6 is 11.8 Å². The Morgan fingerprint density at radius 3 is 2.71 bits per heavy atom. The van der Waals surface area contributed by atoms with Crippen molar-refractivity contribution >= 4 is 17.7 Å². The van der Waals surface area contributed by atoms with Crippen molar-refractivity contribution in [2.24, 2.45) is 0 Å². The molecule has 214 valence electrons. The number of rotatable bonds is 9. The minimum Gasteiger partial charge on any atom is -0.482 e. The first kappa shape index (κ1) is 27.3. The molecular formula is C27H29F2N9O2S. The molecule has 6 rings (SSSR count). The molecule has 4 heterocycles. The van der Waals surface area contributed by atoms with E-state index < -0.39 is 11.6 Å². The fraction of sp³-hybridized carbons (Fsp3) is 0.407. The van der Waals surface area contributed by atoms with Crippen molar-refractivity contribution in [2.75, 3.05) is 26.2 Å². The van der Waals surface area contributed by atoms with Crippen LogP contribution in [-0.4, -0.2) is 77.0 Å². The Balaban J connectivity index is 1.17. The van der Waals surface area contributed by atoms with Gasteiger partial charge in [-0.15, -0.1) is 15.3 Å². The quantitative estimate of drug-likeness (QED) is 0.318. The molecule has 2 fully saturated rings. The predicted molar refractivity (Wildman–Crippen MR) is 146 cm³/mol. The lowest BCUT2D eigenvalue weighted by molar-refractivity contribution is -0.132. The summed E-state index contributed by atoms with van der Waals surface area (Å²) in [5, 5.41) is 20.9. The zero-order valence-electron chi connectivity index (χ0n) is 22.2. The van der Waals surface area contributed by atoms with Gasteiger partial charge in [-0.3, -0.25) is 14.3 Å². The first-order chi connectivity index (χ1) is 20.0. The van der Waals surface area contributed by atoms with Gasteiger partial charge in [-0.05, 0) is 31.0 Å². The van der Waals surface area contributed by atoms with Crippen LogP contribution in [0.4, 0.5) is 8.78 Å². The number of piperazine rings is 1. The number of halogens is 2.